The smallest absolute Gasteiger partial charge is 0.179 e. The first-order valence-electron chi connectivity index (χ1n) is 6.26. The van der Waals surface area contributed by atoms with Crippen molar-refractivity contribution in [1.29, 1.82) is 0 Å². The highest BCUT2D eigenvalue weighted by Crippen LogP contribution is 2.21. The molecule has 0 saturated heterocycles. The summed E-state index contributed by atoms with van der Waals surface area (Å²) in [4.78, 5) is 1.43. The molecule has 0 aliphatic rings. The maximum Gasteiger partial charge on any atom is 0.179 e. The molecule has 0 fully saturated rings. The van der Waals surface area contributed by atoms with Crippen LogP contribution < -0.4 is 5.73 Å². The molecule has 2 aromatic carbocycles. The van der Waals surface area contributed by atoms with Crippen LogP contribution in [-0.2, 0) is 9.84 Å². The SMILES string of the molecule is Cc1cc(S(=O)(=O)CCSc2ccccc2)ccc1N. The second-order valence-electron chi connectivity index (χ2n) is 4.50. The summed E-state index contributed by atoms with van der Waals surface area (Å²) in [6, 6.07) is 14.6. The zero-order valence-electron chi connectivity index (χ0n) is 11.2. The Labute approximate surface area is 124 Å². The van der Waals surface area contributed by atoms with Crippen LogP contribution in [0.2, 0.25) is 0 Å². The lowest BCUT2D eigenvalue weighted by atomic mass is 10.2. The van der Waals surface area contributed by atoms with Crippen molar-refractivity contribution in [2.24, 2.45) is 0 Å². The van der Waals surface area contributed by atoms with Gasteiger partial charge in [0.2, 0.25) is 0 Å². The van der Waals surface area contributed by atoms with Gasteiger partial charge in [-0.05, 0) is 42.8 Å². The maximum atomic E-state index is 12.2. The van der Waals surface area contributed by atoms with Crippen LogP contribution in [0.5, 0.6) is 0 Å². The molecule has 2 aromatic rings. The Hall–Kier alpha value is -1.46. The van der Waals surface area contributed by atoms with Gasteiger partial charge in [-0.25, -0.2) is 8.42 Å². The van der Waals surface area contributed by atoms with Crippen molar-refractivity contribution < 1.29 is 8.42 Å². The number of sulfone groups is 1. The highest BCUT2D eigenvalue weighted by Gasteiger charge is 2.15. The van der Waals surface area contributed by atoms with E-state index in [0.717, 1.165) is 10.5 Å². The third-order valence-electron chi connectivity index (χ3n) is 2.96. The average molecular weight is 307 g/mol. The number of aryl methyl sites for hydroxylation is 1. The summed E-state index contributed by atoms with van der Waals surface area (Å²) in [5, 5.41) is 0. The molecule has 5 heteroatoms. The van der Waals surface area contributed by atoms with Gasteiger partial charge in [0.25, 0.3) is 0 Å². The van der Waals surface area contributed by atoms with Gasteiger partial charge >= 0.3 is 0 Å². The Balaban J connectivity index is 2.02. The van der Waals surface area contributed by atoms with Gasteiger partial charge in [-0.15, -0.1) is 11.8 Å². The molecule has 3 nitrogen and oxygen atoms in total. The quantitative estimate of drug-likeness (QED) is 0.681. The highest BCUT2D eigenvalue weighted by molar-refractivity contribution is 8.00. The maximum absolute atomic E-state index is 12.2. The highest BCUT2D eigenvalue weighted by atomic mass is 32.2. The number of nitrogens with two attached hydrogens (primary N) is 1. The van der Waals surface area contributed by atoms with Gasteiger partial charge in [-0.3, -0.25) is 0 Å². The van der Waals surface area contributed by atoms with Crippen LogP contribution in [0.15, 0.2) is 58.3 Å². The Kier molecular flexibility index (Phi) is 4.73. The van der Waals surface area contributed by atoms with Gasteiger partial charge in [0.15, 0.2) is 9.84 Å². The standard InChI is InChI=1S/C15H17NO2S2/c1-12-11-14(7-8-15(12)16)20(17,18)10-9-19-13-5-3-2-4-6-13/h2-8,11H,9-10,16H2,1H3. The summed E-state index contributed by atoms with van der Waals surface area (Å²) in [5.41, 5.74) is 7.12. The Morgan fingerprint density at radius 1 is 1.10 bits per heavy atom. The number of hydrogen-bond donors (Lipinski definition) is 1. The molecule has 0 bridgehead atoms. The molecule has 0 unspecified atom stereocenters. The lowest BCUT2D eigenvalue weighted by Gasteiger charge is -2.07. The molecular formula is C15H17NO2S2. The van der Waals surface area contributed by atoms with E-state index < -0.39 is 9.84 Å². The van der Waals surface area contributed by atoms with Crippen LogP contribution in [0.25, 0.3) is 0 Å². The molecular weight excluding hydrogens is 290 g/mol. The fourth-order valence-electron chi connectivity index (χ4n) is 1.75. The lowest BCUT2D eigenvalue weighted by molar-refractivity contribution is 0.597. The van der Waals surface area contributed by atoms with E-state index in [9.17, 15) is 8.42 Å². The van der Waals surface area contributed by atoms with Crippen molar-refractivity contribution in [1.82, 2.24) is 0 Å². The number of thioether (sulfide) groups is 1. The normalized spacial score (nSPS) is 11.4. The molecule has 0 saturated carbocycles. The van der Waals surface area contributed by atoms with E-state index in [0.29, 0.717) is 16.3 Å². The minimum absolute atomic E-state index is 0.121. The van der Waals surface area contributed by atoms with Crippen molar-refractivity contribution in [3.8, 4) is 0 Å². The number of rotatable bonds is 5. The van der Waals surface area contributed by atoms with Crippen molar-refractivity contribution in [2.75, 3.05) is 17.2 Å². The minimum atomic E-state index is -3.25. The van der Waals surface area contributed by atoms with E-state index in [1.165, 1.54) is 0 Å². The van der Waals surface area contributed by atoms with E-state index in [4.69, 9.17) is 5.73 Å². The Bertz CT molecular complexity index is 682. The van der Waals surface area contributed by atoms with Crippen molar-refractivity contribution >= 4 is 27.3 Å². The van der Waals surface area contributed by atoms with Crippen LogP contribution in [0, 0.1) is 6.92 Å². The van der Waals surface area contributed by atoms with Crippen molar-refractivity contribution in [3.05, 3.63) is 54.1 Å². The van der Waals surface area contributed by atoms with Gasteiger partial charge in [-0.2, -0.15) is 0 Å². The molecule has 0 radical (unpaired) electrons. The summed E-state index contributed by atoms with van der Waals surface area (Å²) >= 11 is 1.55. The van der Waals surface area contributed by atoms with Crippen LogP contribution in [0.4, 0.5) is 5.69 Å². The monoisotopic (exact) mass is 307 g/mol. The second-order valence-corrected chi connectivity index (χ2v) is 7.78. The topological polar surface area (TPSA) is 60.2 Å². The Morgan fingerprint density at radius 2 is 1.80 bits per heavy atom. The van der Waals surface area contributed by atoms with Crippen LogP contribution in [0.1, 0.15) is 5.56 Å². The number of benzene rings is 2. The first kappa shape index (κ1) is 14.9. The van der Waals surface area contributed by atoms with Crippen molar-refractivity contribution in [2.45, 2.75) is 16.7 Å². The van der Waals surface area contributed by atoms with E-state index in [-0.39, 0.29) is 5.75 Å². The van der Waals surface area contributed by atoms with Gasteiger partial charge in [0, 0.05) is 16.3 Å². The number of anilines is 1. The third kappa shape index (κ3) is 3.77. The predicted octanol–water partition coefficient (Wildman–Crippen LogP) is 3.14. The fraction of sp³-hybridized carbons (Fsp3) is 0.200. The minimum Gasteiger partial charge on any atom is -0.399 e. The van der Waals surface area contributed by atoms with Crippen LogP contribution in [0.3, 0.4) is 0 Å². The largest absolute Gasteiger partial charge is 0.399 e. The van der Waals surface area contributed by atoms with Gasteiger partial charge < -0.3 is 5.73 Å². The molecule has 2 N–H and O–H groups in total. The molecule has 0 spiro atoms. The van der Waals surface area contributed by atoms with Gasteiger partial charge in [0.05, 0.1) is 10.6 Å². The summed E-state index contributed by atoms with van der Waals surface area (Å²) in [6.07, 6.45) is 0. The fourth-order valence-corrected chi connectivity index (χ4v) is 4.41. The van der Waals surface area contributed by atoms with Gasteiger partial charge in [0.1, 0.15) is 0 Å². The summed E-state index contributed by atoms with van der Waals surface area (Å²) < 4.78 is 24.5. The average Bonchev–Trinajstić information content (AvgIpc) is 2.43. The molecule has 0 atom stereocenters. The van der Waals surface area contributed by atoms with Gasteiger partial charge in [-0.1, -0.05) is 18.2 Å². The lowest BCUT2D eigenvalue weighted by Crippen LogP contribution is -2.09. The number of nitrogen functional groups attached to an aromatic ring is 1. The molecule has 106 valence electrons. The summed E-state index contributed by atoms with van der Waals surface area (Å²) in [7, 11) is -3.25. The van der Waals surface area contributed by atoms with Crippen molar-refractivity contribution in [3.63, 3.8) is 0 Å². The summed E-state index contributed by atoms with van der Waals surface area (Å²) in [5.74, 6) is 0.658. The van der Waals surface area contributed by atoms with E-state index in [1.54, 1.807) is 30.0 Å². The molecule has 20 heavy (non-hydrogen) atoms. The van der Waals surface area contributed by atoms with E-state index >= 15 is 0 Å². The van der Waals surface area contributed by atoms with E-state index in [1.807, 2.05) is 37.3 Å². The zero-order chi connectivity index (χ0) is 14.6. The van der Waals surface area contributed by atoms with Crippen LogP contribution in [-0.4, -0.2) is 19.9 Å². The molecule has 2 rings (SSSR count). The van der Waals surface area contributed by atoms with E-state index in [2.05, 4.69) is 0 Å². The summed E-state index contributed by atoms with van der Waals surface area (Å²) in [6.45, 7) is 1.81. The molecule has 0 aliphatic carbocycles. The zero-order valence-corrected chi connectivity index (χ0v) is 12.9. The Morgan fingerprint density at radius 3 is 2.45 bits per heavy atom. The predicted molar refractivity (Wildman–Crippen MR) is 84.8 cm³/mol. The molecule has 0 heterocycles. The molecule has 0 aliphatic heterocycles. The first-order chi connectivity index (χ1) is 9.49. The molecule has 0 aromatic heterocycles. The third-order valence-corrected chi connectivity index (χ3v) is 5.95. The second kappa shape index (κ2) is 6.33. The number of hydrogen-bond acceptors (Lipinski definition) is 4. The molecule has 0 amide bonds. The van der Waals surface area contributed by atoms with Crippen LogP contribution >= 0.6 is 11.8 Å². The first-order valence-corrected chi connectivity index (χ1v) is 8.89.